The van der Waals surface area contributed by atoms with E-state index in [-0.39, 0.29) is 0 Å². The number of fused-ring (bicyclic) bond motifs is 1. The Balaban J connectivity index is 2.40. The maximum atomic E-state index is 11.8. The van der Waals surface area contributed by atoms with E-state index < -0.39 is 17.9 Å². The molecule has 0 amide bonds. The van der Waals surface area contributed by atoms with Crippen LogP contribution in [0.4, 0.5) is 0 Å². The molecule has 1 aromatic carbocycles. The third-order valence-electron chi connectivity index (χ3n) is 3.38. The lowest BCUT2D eigenvalue weighted by Crippen LogP contribution is -2.29. The monoisotopic (exact) mass is 294 g/mol. The summed E-state index contributed by atoms with van der Waals surface area (Å²) in [5, 5.41) is 0.619. The summed E-state index contributed by atoms with van der Waals surface area (Å²) in [6.45, 7) is 0. The Hall–Kier alpha value is -1.81. The van der Waals surface area contributed by atoms with E-state index in [0.29, 0.717) is 17.0 Å². The van der Waals surface area contributed by atoms with E-state index in [9.17, 15) is 9.59 Å². The molecule has 0 unspecified atom stereocenters. The number of esters is 2. The van der Waals surface area contributed by atoms with Crippen LogP contribution in [-0.4, -0.2) is 26.2 Å². The molecular weight excluding hydrogens is 280 g/mol. The van der Waals surface area contributed by atoms with Gasteiger partial charge in [0.1, 0.15) is 0 Å². The summed E-state index contributed by atoms with van der Waals surface area (Å²) in [6, 6.07) is 5.61. The molecule has 5 heteroatoms. The normalized spacial score (nSPS) is 13.5. The molecule has 0 fully saturated rings. The van der Waals surface area contributed by atoms with Gasteiger partial charge in [-0.1, -0.05) is 23.7 Å². The van der Waals surface area contributed by atoms with Crippen molar-refractivity contribution < 1.29 is 19.1 Å². The molecule has 106 valence electrons. The maximum Gasteiger partial charge on any atom is 0.324 e. The number of ether oxygens (including phenoxy) is 2. The summed E-state index contributed by atoms with van der Waals surface area (Å²) < 4.78 is 9.39. The van der Waals surface area contributed by atoms with Crippen LogP contribution < -0.4 is 0 Å². The van der Waals surface area contributed by atoms with Crippen molar-refractivity contribution in [3.05, 3.63) is 39.9 Å². The fraction of sp³-hybridized carbons (Fsp3) is 0.333. The molecule has 0 spiro atoms. The maximum absolute atomic E-state index is 11.8. The molecule has 0 saturated carbocycles. The smallest absolute Gasteiger partial charge is 0.324 e. The topological polar surface area (TPSA) is 52.6 Å². The quantitative estimate of drug-likeness (QED) is 0.635. The van der Waals surface area contributed by atoms with E-state index in [2.05, 4.69) is 0 Å². The average Bonchev–Trinajstić information content (AvgIpc) is 2.46. The fourth-order valence-electron chi connectivity index (χ4n) is 2.34. The van der Waals surface area contributed by atoms with Gasteiger partial charge in [0.2, 0.25) is 0 Å². The second-order valence-corrected chi connectivity index (χ2v) is 4.98. The predicted molar refractivity (Wildman–Crippen MR) is 75.3 cm³/mol. The highest BCUT2D eigenvalue weighted by molar-refractivity contribution is 6.30. The van der Waals surface area contributed by atoms with Gasteiger partial charge in [-0.25, -0.2) is 0 Å². The van der Waals surface area contributed by atoms with Crippen molar-refractivity contribution in [2.45, 2.75) is 12.8 Å². The zero-order valence-corrected chi connectivity index (χ0v) is 12.1. The van der Waals surface area contributed by atoms with E-state index in [1.54, 1.807) is 0 Å². The van der Waals surface area contributed by atoms with Crippen LogP contribution in [0.3, 0.4) is 0 Å². The molecule has 0 radical (unpaired) electrons. The molecule has 0 heterocycles. The molecule has 1 aromatic rings. The molecule has 0 saturated heterocycles. The van der Waals surface area contributed by atoms with Crippen LogP contribution in [-0.2, 0) is 25.5 Å². The van der Waals surface area contributed by atoms with Crippen LogP contribution in [0.2, 0.25) is 5.02 Å². The van der Waals surface area contributed by atoms with Crippen molar-refractivity contribution in [2.75, 3.05) is 14.2 Å². The zero-order valence-electron chi connectivity index (χ0n) is 11.3. The first-order chi connectivity index (χ1) is 9.56. The fourth-order valence-corrected chi connectivity index (χ4v) is 2.52. The van der Waals surface area contributed by atoms with Gasteiger partial charge in [-0.3, -0.25) is 9.59 Å². The van der Waals surface area contributed by atoms with Gasteiger partial charge in [-0.2, -0.15) is 0 Å². The molecule has 0 atom stereocenters. The van der Waals surface area contributed by atoms with E-state index in [4.69, 9.17) is 21.1 Å². The SMILES string of the molecule is COC(=O)C(C(=O)OC)C1=Cc2cc(Cl)ccc2CC1. The van der Waals surface area contributed by atoms with Gasteiger partial charge in [-0.15, -0.1) is 0 Å². The number of hydrogen-bond acceptors (Lipinski definition) is 4. The van der Waals surface area contributed by atoms with Gasteiger partial charge in [0.05, 0.1) is 14.2 Å². The average molecular weight is 295 g/mol. The standard InChI is InChI=1S/C15H15ClO4/c1-19-14(17)13(15(18)20-2)10-4-3-9-5-6-12(16)8-11(9)7-10/h5-8,13H,3-4H2,1-2H3. The van der Waals surface area contributed by atoms with Gasteiger partial charge in [0, 0.05) is 5.02 Å². The second kappa shape index (κ2) is 6.09. The minimum absolute atomic E-state index is 0.603. The predicted octanol–water partition coefficient (Wildman–Crippen LogP) is 2.63. The third-order valence-corrected chi connectivity index (χ3v) is 3.61. The minimum atomic E-state index is -1.00. The van der Waals surface area contributed by atoms with Crippen LogP contribution >= 0.6 is 11.6 Å². The zero-order chi connectivity index (χ0) is 14.7. The summed E-state index contributed by atoms with van der Waals surface area (Å²) in [5.74, 6) is -2.21. The van der Waals surface area contributed by atoms with E-state index in [0.717, 1.165) is 17.5 Å². The Morgan fingerprint density at radius 3 is 2.40 bits per heavy atom. The Morgan fingerprint density at radius 2 is 1.80 bits per heavy atom. The number of carbonyl (C=O) groups excluding carboxylic acids is 2. The molecule has 0 bridgehead atoms. The van der Waals surface area contributed by atoms with Gasteiger partial charge >= 0.3 is 11.9 Å². The van der Waals surface area contributed by atoms with Gasteiger partial charge in [0.25, 0.3) is 0 Å². The Labute approximate surface area is 122 Å². The lowest BCUT2D eigenvalue weighted by Gasteiger charge is -2.21. The highest BCUT2D eigenvalue weighted by atomic mass is 35.5. The van der Waals surface area contributed by atoms with Gasteiger partial charge in [0.15, 0.2) is 5.92 Å². The number of rotatable bonds is 3. The molecule has 0 aliphatic heterocycles. The van der Waals surface area contributed by atoms with Crippen LogP contribution in [0.15, 0.2) is 23.8 Å². The molecule has 2 rings (SSSR count). The molecule has 0 aromatic heterocycles. The van der Waals surface area contributed by atoms with Gasteiger partial charge in [-0.05, 0) is 41.7 Å². The summed E-state index contributed by atoms with van der Waals surface area (Å²) in [4.78, 5) is 23.6. The summed E-state index contributed by atoms with van der Waals surface area (Å²) in [5.41, 5.74) is 2.77. The van der Waals surface area contributed by atoms with Crippen molar-refractivity contribution >= 4 is 29.6 Å². The van der Waals surface area contributed by atoms with E-state index in [1.807, 2.05) is 24.3 Å². The molecule has 1 aliphatic carbocycles. The van der Waals surface area contributed by atoms with Crippen molar-refractivity contribution in [1.29, 1.82) is 0 Å². The Bertz CT molecular complexity index is 561. The van der Waals surface area contributed by atoms with Crippen molar-refractivity contribution in [3.63, 3.8) is 0 Å². The highest BCUT2D eigenvalue weighted by Crippen LogP contribution is 2.31. The number of halogens is 1. The van der Waals surface area contributed by atoms with Crippen LogP contribution in [0.1, 0.15) is 17.5 Å². The number of aryl methyl sites for hydroxylation is 1. The first-order valence-electron chi connectivity index (χ1n) is 6.21. The Morgan fingerprint density at radius 1 is 1.15 bits per heavy atom. The Kier molecular flexibility index (Phi) is 4.45. The number of methoxy groups -OCH3 is 2. The van der Waals surface area contributed by atoms with Crippen molar-refractivity contribution in [2.24, 2.45) is 5.92 Å². The third kappa shape index (κ3) is 2.85. The molecule has 0 N–H and O–H groups in total. The first-order valence-corrected chi connectivity index (χ1v) is 6.59. The van der Waals surface area contributed by atoms with Gasteiger partial charge < -0.3 is 9.47 Å². The second-order valence-electron chi connectivity index (χ2n) is 4.54. The van der Waals surface area contributed by atoms with Crippen molar-refractivity contribution in [1.82, 2.24) is 0 Å². The summed E-state index contributed by atoms with van der Waals surface area (Å²) >= 11 is 5.97. The molecule has 4 nitrogen and oxygen atoms in total. The largest absolute Gasteiger partial charge is 0.468 e. The highest BCUT2D eigenvalue weighted by Gasteiger charge is 2.33. The molecule has 20 heavy (non-hydrogen) atoms. The number of benzene rings is 1. The number of carbonyl (C=O) groups is 2. The van der Waals surface area contributed by atoms with Crippen LogP contribution in [0, 0.1) is 5.92 Å². The molecule has 1 aliphatic rings. The lowest BCUT2D eigenvalue weighted by molar-refractivity contribution is -0.156. The summed E-state index contributed by atoms with van der Waals surface area (Å²) in [6.07, 6.45) is 3.19. The number of hydrogen-bond donors (Lipinski definition) is 0. The van der Waals surface area contributed by atoms with Crippen molar-refractivity contribution in [3.8, 4) is 0 Å². The van der Waals surface area contributed by atoms with E-state index in [1.165, 1.54) is 14.2 Å². The lowest BCUT2D eigenvalue weighted by atomic mass is 9.85. The minimum Gasteiger partial charge on any atom is -0.468 e. The van der Waals surface area contributed by atoms with Crippen LogP contribution in [0.25, 0.3) is 6.08 Å². The van der Waals surface area contributed by atoms with Crippen LogP contribution in [0.5, 0.6) is 0 Å². The summed E-state index contributed by atoms with van der Waals surface area (Å²) in [7, 11) is 2.51. The first kappa shape index (κ1) is 14.6. The van der Waals surface area contributed by atoms with E-state index >= 15 is 0 Å². The molecular formula is C15H15ClO4.